The lowest BCUT2D eigenvalue weighted by Crippen LogP contribution is -2.30. The second-order valence-electron chi connectivity index (χ2n) is 4.98. The molecule has 0 atom stereocenters. The van der Waals surface area contributed by atoms with Gasteiger partial charge in [-0.15, -0.1) is 0 Å². The highest BCUT2D eigenvalue weighted by Crippen LogP contribution is 2.30. The molecule has 1 aromatic rings. The van der Waals surface area contributed by atoms with Gasteiger partial charge in [0.15, 0.2) is 0 Å². The number of anilines is 1. The van der Waals surface area contributed by atoms with E-state index < -0.39 is 0 Å². The van der Waals surface area contributed by atoms with Gasteiger partial charge in [0.25, 0.3) is 0 Å². The van der Waals surface area contributed by atoms with E-state index in [1.54, 1.807) is 0 Å². The molecule has 1 aliphatic rings. The van der Waals surface area contributed by atoms with Gasteiger partial charge in [0.2, 0.25) is 0 Å². The molecule has 0 amide bonds. The van der Waals surface area contributed by atoms with Crippen molar-refractivity contribution in [3.8, 4) is 0 Å². The molecule has 0 heterocycles. The van der Waals surface area contributed by atoms with Crippen molar-refractivity contribution < 1.29 is 0 Å². The molecule has 2 nitrogen and oxygen atoms in total. The van der Waals surface area contributed by atoms with E-state index in [1.165, 1.54) is 37.1 Å². The zero-order valence-corrected chi connectivity index (χ0v) is 11.4. The normalized spacial score (nSPS) is 15.7. The zero-order valence-electron chi connectivity index (χ0n) is 10.7. The Bertz CT molecular complexity index is 374. The van der Waals surface area contributed by atoms with Crippen LogP contribution in [0.15, 0.2) is 18.2 Å². The SMILES string of the molecule is CNCc1cc(Cl)ccc1N(C)CC1CCC1. The first-order valence-electron chi connectivity index (χ1n) is 6.35. The topological polar surface area (TPSA) is 15.3 Å². The molecule has 1 fully saturated rings. The Kier molecular flexibility index (Phi) is 4.30. The van der Waals surface area contributed by atoms with Crippen molar-refractivity contribution in [2.75, 3.05) is 25.5 Å². The molecule has 0 saturated heterocycles. The monoisotopic (exact) mass is 252 g/mol. The third-order valence-electron chi connectivity index (χ3n) is 3.58. The van der Waals surface area contributed by atoms with Gasteiger partial charge in [-0.3, -0.25) is 0 Å². The minimum absolute atomic E-state index is 0.816. The molecular weight excluding hydrogens is 232 g/mol. The third kappa shape index (κ3) is 3.14. The summed E-state index contributed by atoms with van der Waals surface area (Å²) in [6.45, 7) is 2.03. The summed E-state index contributed by atoms with van der Waals surface area (Å²) in [6.07, 6.45) is 4.18. The summed E-state index contributed by atoms with van der Waals surface area (Å²) in [7, 11) is 4.15. The minimum atomic E-state index is 0.816. The fourth-order valence-corrected chi connectivity index (χ4v) is 2.61. The van der Waals surface area contributed by atoms with Gasteiger partial charge in [0.05, 0.1) is 0 Å². The number of halogens is 1. The summed E-state index contributed by atoms with van der Waals surface area (Å²) in [6, 6.07) is 6.17. The average Bonchev–Trinajstić information content (AvgIpc) is 2.24. The molecule has 17 heavy (non-hydrogen) atoms. The minimum Gasteiger partial charge on any atom is -0.374 e. The Labute approximate surface area is 109 Å². The summed E-state index contributed by atoms with van der Waals surface area (Å²) < 4.78 is 0. The lowest BCUT2D eigenvalue weighted by molar-refractivity contribution is 0.321. The van der Waals surface area contributed by atoms with E-state index in [2.05, 4.69) is 29.4 Å². The molecule has 1 aliphatic carbocycles. The van der Waals surface area contributed by atoms with Crippen molar-refractivity contribution in [1.82, 2.24) is 5.32 Å². The Balaban J connectivity index is 2.11. The van der Waals surface area contributed by atoms with Gasteiger partial charge >= 0.3 is 0 Å². The second kappa shape index (κ2) is 5.74. The van der Waals surface area contributed by atoms with E-state index in [9.17, 15) is 0 Å². The van der Waals surface area contributed by atoms with E-state index in [1.807, 2.05) is 13.1 Å². The third-order valence-corrected chi connectivity index (χ3v) is 3.81. The van der Waals surface area contributed by atoms with Crippen LogP contribution in [0.4, 0.5) is 5.69 Å². The molecule has 0 radical (unpaired) electrons. The van der Waals surface area contributed by atoms with Gasteiger partial charge in [-0.2, -0.15) is 0 Å². The first-order valence-corrected chi connectivity index (χ1v) is 6.72. The van der Waals surface area contributed by atoms with Crippen LogP contribution in [0.1, 0.15) is 24.8 Å². The van der Waals surface area contributed by atoms with Crippen LogP contribution in [0.3, 0.4) is 0 Å². The van der Waals surface area contributed by atoms with Crippen molar-refractivity contribution >= 4 is 17.3 Å². The van der Waals surface area contributed by atoms with Crippen LogP contribution in [0.25, 0.3) is 0 Å². The number of hydrogen-bond donors (Lipinski definition) is 1. The van der Waals surface area contributed by atoms with Gasteiger partial charge < -0.3 is 10.2 Å². The van der Waals surface area contributed by atoms with Crippen molar-refractivity contribution in [1.29, 1.82) is 0 Å². The Hall–Kier alpha value is -0.730. The Morgan fingerprint density at radius 3 is 2.76 bits per heavy atom. The van der Waals surface area contributed by atoms with Crippen LogP contribution >= 0.6 is 11.6 Å². The molecule has 1 aromatic carbocycles. The van der Waals surface area contributed by atoms with Crippen LogP contribution in [0, 0.1) is 5.92 Å². The fourth-order valence-electron chi connectivity index (χ4n) is 2.42. The summed E-state index contributed by atoms with van der Waals surface area (Å²) in [5.41, 5.74) is 2.58. The Morgan fingerprint density at radius 1 is 1.41 bits per heavy atom. The molecule has 1 N–H and O–H groups in total. The lowest BCUT2D eigenvalue weighted by Gasteiger charge is -2.32. The molecule has 0 unspecified atom stereocenters. The highest BCUT2D eigenvalue weighted by Gasteiger charge is 2.20. The van der Waals surface area contributed by atoms with Gasteiger partial charge in [0.1, 0.15) is 0 Å². The van der Waals surface area contributed by atoms with Crippen molar-refractivity contribution in [2.45, 2.75) is 25.8 Å². The highest BCUT2D eigenvalue weighted by molar-refractivity contribution is 6.30. The van der Waals surface area contributed by atoms with Crippen molar-refractivity contribution in [3.63, 3.8) is 0 Å². The number of rotatable bonds is 5. The van der Waals surface area contributed by atoms with Crippen molar-refractivity contribution in [3.05, 3.63) is 28.8 Å². The predicted octanol–water partition coefficient (Wildman–Crippen LogP) is 3.30. The zero-order chi connectivity index (χ0) is 12.3. The van der Waals surface area contributed by atoms with Crippen LogP contribution in [-0.4, -0.2) is 20.6 Å². The summed E-state index contributed by atoms with van der Waals surface area (Å²) >= 11 is 6.06. The van der Waals surface area contributed by atoms with Gasteiger partial charge in [-0.05, 0) is 49.6 Å². The van der Waals surface area contributed by atoms with Crippen LogP contribution < -0.4 is 10.2 Å². The molecule has 0 aromatic heterocycles. The van der Waals surface area contributed by atoms with E-state index in [4.69, 9.17) is 11.6 Å². The highest BCUT2D eigenvalue weighted by atomic mass is 35.5. The van der Waals surface area contributed by atoms with E-state index in [0.29, 0.717) is 0 Å². The largest absolute Gasteiger partial charge is 0.374 e. The molecule has 0 bridgehead atoms. The molecule has 1 saturated carbocycles. The average molecular weight is 253 g/mol. The quantitative estimate of drug-likeness (QED) is 0.865. The maximum absolute atomic E-state index is 6.06. The fraction of sp³-hybridized carbons (Fsp3) is 0.571. The van der Waals surface area contributed by atoms with Crippen LogP contribution in [0.5, 0.6) is 0 Å². The maximum Gasteiger partial charge on any atom is 0.0410 e. The number of benzene rings is 1. The molecule has 0 aliphatic heterocycles. The summed E-state index contributed by atoms with van der Waals surface area (Å²) in [5.74, 6) is 0.887. The number of hydrogen-bond acceptors (Lipinski definition) is 2. The lowest BCUT2D eigenvalue weighted by atomic mass is 9.85. The smallest absolute Gasteiger partial charge is 0.0410 e. The molecule has 0 spiro atoms. The van der Waals surface area contributed by atoms with E-state index in [-0.39, 0.29) is 0 Å². The first-order chi connectivity index (χ1) is 8.20. The first kappa shape index (κ1) is 12.7. The standard InChI is InChI=1S/C14H21ClN2/c1-16-9-12-8-13(15)6-7-14(12)17(2)10-11-4-3-5-11/h6-8,11,16H,3-5,9-10H2,1-2H3. The molecule has 2 rings (SSSR count). The van der Waals surface area contributed by atoms with E-state index >= 15 is 0 Å². The summed E-state index contributed by atoms with van der Waals surface area (Å²) in [4.78, 5) is 2.37. The van der Waals surface area contributed by atoms with Gasteiger partial charge in [-0.25, -0.2) is 0 Å². The van der Waals surface area contributed by atoms with Gasteiger partial charge in [0, 0.05) is 30.8 Å². The Morgan fingerprint density at radius 2 is 2.18 bits per heavy atom. The van der Waals surface area contributed by atoms with E-state index in [0.717, 1.165) is 17.5 Å². The molecule has 3 heteroatoms. The van der Waals surface area contributed by atoms with Crippen LogP contribution in [0.2, 0.25) is 5.02 Å². The van der Waals surface area contributed by atoms with Crippen molar-refractivity contribution in [2.24, 2.45) is 5.92 Å². The number of nitrogens with zero attached hydrogens (tertiary/aromatic N) is 1. The van der Waals surface area contributed by atoms with Crippen LogP contribution in [-0.2, 0) is 6.54 Å². The second-order valence-corrected chi connectivity index (χ2v) is 5.42. The molecular formula is C14H21ClN2. The number of nitrogens with one attached hydrogen (secondary N) is 1. The summed E-state index contributed by atoms with van der Waals surface area (Å²) in [5, 5.41) is 4.02. The molecule has 94 valence electrons. The predicted molar refractivity (Wildman–Crippen MR) is 74.8 cm³/mol. The van der Waals surface area contributed by atoms with Gasteiger partial charge in [-0.1, -0.05) is 18.0 Å². The maximum atomic E-state index is 6.06.